The van der Waals surface area contributed by atoms with Gasteiger partial charge in [0, 0.05) is 19.0 Å². The lowest BCUT2D eigenvalue weighted by Crippen LogP contribution is -2.47. The van der Waals surface area contributed by atoms with Crippen LogP contribution in [0.25, 0.3) is 0 Å². The van der Waals surface area contributed by atoms with Crippen molar-refractivity contribution in [1.82, 2.24) is 10.2 Å². The Morgan fingerprint density at radius 2 is 2.31 bits per heavy atom. The van der Waals surface area contributed by atoms with E-state index in [-0.39, 0.29) is 18.4 Å². The summed E-state index contributed by atoms with van der Waals surface area (Å²) in [5.74, 6) is -0.881. The van der Waals surface area contributed by atoms with Crippen molar-refractivity contribution in [2.75, 3.05) is 13.1 Å². The van der Waals surface area contributed by atoms with Crippen LogP contribution in [0.5, 0.6) is 0 Å². The molecule has 0 spiro atoms. The zero-order chi connectivity index (χ0) is 12.1. The van der Waals surface area contributed by atoms with Crippen molar-refractivity contribution in [1.29, 1.82) is 0 Å². The molecule has 0 aromatic carbocycles. The number of carboxylic acid groups (broad SMARTS) is 1. The van der Waals surface area contributed by atoms with E-state index in [4.69, 9.17) is 5.11 Å². The predicted molar refractivity (Wildman–Crippen MR) is 60.1 cm³/mol. The fourth-order valence-corrected chi connectivity index (χ4v) is 2.23. The van der Waals surface area contributed by atoms with Crippen molar-refractivity contribution in [2.24, 2.45) is 0 Å². The van der Waals surface area contributed by atoms with E-state index < -0.39 is 5.97 Å². The molecule has 2 N–H and O–H groups in total. The number of hydrogen-bond donors (Lipinski definition) is 2. The minimum absolute atomic E-state index is 0.0348. The first-order chi connectivity index (χ1) is 7.56. The van der Waals surface area contributed by atoms with Gasteiger partial charge >= 0.3 is 5.97 Å². The molecule has 0 radical (unpaired) electrons. The van der Waals surface area contributed by atoms with Crippen LogP contribution in [0.3, 0.4) is 0 Å². The molecular weight excluding hydrogens is 208 g/mol. The van der Waals surface area contributed by atoms with Crippen LogP contribution in [0, 0.1) is 0 Å². The van der Waals surface area contributed by atoms with Crippen molar-refractivity contribution >= 4 is 11.9 Å². The van der Waals surface area contributed by atoms with E-state index in [1.165, 1.54) is 0 Å². The van der Waals surface area contributed by atoms with E-state index in [2.05, 4.69) is 17.1 Å². The van der Waals surface area contributed by atoms with Crippen LogP contribution in [0.2, 0.25) is 0 Å². The fourth-order valence-electron chi connectivity index (χ4n) is 2.23. The molecule has 0 aromatic rings. The first kappa shape index (κ1) is 13.0. The van der Waals surface area contributed by atoms with Crippen LogP contribution in [0.1, 0.15) is 33.1 Å². The minimum atomic E-state index is -0.847. The van der Waals surface area contributed by atoms with Crippen LogP contribution < -0.4 is 5.32 Å². The predicted octanol–water partition coefficient (Wildman–Crippen LogP) is 0.450. The fraction of sp³-hybridized carbons (Fsp3) is 0.818. The summed E-state index contributed by atoms with van der Waals surface area (Å²) in [6.45, 7) is 5.54. The molecule has 0 saturated carbocycles. The van der Waals surface area contributed by atoms with Crippen molar-refractivity contribution in [2.45, 2.75) is 45.2 Å². The SMILES string of the molecule is CCN1C(C)CCNC(=O)C1CCC(=O)O. The molecule has 16 heavy (non-hydrogen) atoms. The normalized spacial score (nSPS) is 27.2. The molecule has 1 aliphatic rings. The summed E-state index contributed by atoms with van der Waals surface area (Å²) in [5.41, 5.74) is 0. The van der Waals surface area contributed by atoms with Crippen LogP contribution in [0.15, 0.2) is 0 Å². The Kier molecular flexibility index (Phi) is 4.73. The van der Waals surface area contributed by atoms with Gasteiger partial charge in [-0.25, -0.2) is 0 Å². The van der Waals surface area contributed by atoms with Crippen molar-refractivity contribution < 1.29 is 14.7 Å². The van der Waals surface area contributed by atoms with Crippen molar-refractivity contribution in [3.63, 3.8) is 0 Å². The zero-order valence-corrected chi connectivity index (χ0v) is 9.90. The molecule has 2 atom stereocenters. The second-order valence-corrected chi connectivity index (χ2v) is 4.21. The lowest BCUT2D eigenvalue weighted by atomic mass is 10.1. The van der Waals surface area contributed by atoms with Crippen LogP contribution in [0.4, 0.5) is 0 Å². The molecule has 5 nitrogen and oxygen atoms in total. The van der Waals surface area contributed by atoms with Crippen LogP contribution in [-0.2, 0) is 9.59 Å². The number of nitrogens with zero attached hydrogens (tertiary/aromatic N) is 1. The Hall–Kier alpha value is -1.10. The number of aliphatic carboxylic acids is 1. The van der Waals surface area contributed by atoms with Gasteiger partial charge in [-0.15, -0.1) is 0 Å². The second kappa shape index (κ2) is 5.84. The van der Waals surface area contributed by atoms with Crippen LogP contribution >= 0.6 is 0 Å². The van der Waals surface area contributed by atoms with E-state index in [1.807, 2.05) is 6.92 Å². The third kappa shape index (κ3) is 3.20. The smallest absolute Gasteiger partial charge is 0.303 e. The molecule has 1 heterocycles. The summed E-state index contributed by atoms with van der Waals surface area (Å²) in [6.07, 6.45) is 1.35. The number of nitrogens with one attached hydrogen (secondary N) is 1. The largest absolute Gasteiger partial charge is 0.481 e. The number of rotatable bonds is 4. The summed E-state index contributed by atoms with van der Waals surface area (Å²) in [4.78, 5) is 24.4. The van der Waals surface area contributed by atoms with Crippen molar-refractivity contribution in [3.8, 4) is 0 Å². The Balaban J connectivity index is 2.71. The molecule has 0 aromatic heterocycles. The Bertz CT molecular complexity index is 268. The topological polar surface area (TPSA) is 69.6 Å². The highest BCUT2D eigenvalue weighted by atomic mass is 16.4. The van der Waals surface area contributed by atoms with E-state index in [9.17, 15) is 9.59 Å². The molecule has 2 unspecified atom stereocenters. The van der Waals surface area contributed by atoms with E-state index in [0.29, 0.717) is 19.0 Å². The Morgan fingerprint density at radius 1 is 1.62 bits per heavy atom. The number of carbonyl (C=O) groups excluding carboxylic acids is 1. The number of carbonyl (C=O) groups is 2. The molecule has 1 amide bonds. The minimum Gasteiger partial charge on any atom is -0.481 e. The quantitative estimate of drug-likeness (QED) is 0.733. The lowest BCUT2D eigenvalue weighted by molar-refractivity contribution is -0.137. The molecule has 1 aliphatic heterocycles. The average Bonchev–Trinajstić information content (AvgIpc) is 2.35. The van der Waals surface area contributed by atoms with Crippen LogP contribution in [-0.4, -0.2) is 47.1 Å². The maximum absolute atomic E-state index is 11.8. The number of hydrogen-bond acceptors (Lipinski definition) is 3. The van der Waals surface area contributed by atoms with Gasteiger partial charge in [-0.3, -0.25) is 14.5 Å². The number of carboxylic acids is 1. The van der Waals surface area contributed by atoms with Gasteiger partial charge < -0.3 is 10.4 Å². The van der Waals surface area contributed by atoms with Gasteiger partial charge in [0.2, 0.25) is 5.91 Å². The molecule has 92 valence electrons. The number of likely N-dealkylation sites (N-methyl/N-ethyl adjacent to an activating group) is 1. The maximum atomic E-state index is 11.8. The molecular formula is C11H20N2O3. The molecule has 0 bridgehead atoms. The van der Waals surface area contributed by atoms with Gasteiger partial charge in [0.1, 0.15) is 0 Å². The highest BCUT2D eigenvalue weighted by Crippen LogP contribution is 2.16. The van der Waals surface area contributed by atoms with Gasteiger partial charge in [0.25, 0.3) is 0 Å². The summed E-state index contributed by atoms with van der Waals surface area (Å²) in [5, 5.41) is 11.5. The standard InChI is InChI=1S/C11H20N2O3/c1-3-13-8(2)6-7-12-11(16)9(13)4-5-10(14)15/h8-9H,3-7H2,1-2H3,(H,12,16)(H,14,15). The Labute approximate surface area is 95.8 Å². The number of amides is 1. The summed E-state index contributed by atoms with van der Waals surface area (Å²) >= 11 is 0. The van der Waals surface area contributed by atoms with Gasteiger partial charge in [-0.2, -0.15) is 0 Å². The summed E-state index contributed by atoms with van der Waals surface area (Å²) in [7, 11) is 0. The lowest BCUT2D eigenvalue weighted by Gasteiger charge is -2.31. The van der Waals surface area contributed by atoms with E-state index in [1.54, 1.807) is 0 Å². The molecule has 0 aliphatic carbocycles. The molecule has 1 saturated heterocycles. The third-order valence-electron chi connectivity index (χ3n) is 3.13. The summed E-state index contributed by atoms with van der Waals surface area (Å²) in [6, 6.07) is 0.0290. The van der Waals surface area contributed by atoms with Crippen molar-refractivity contribution in [3.05, 3.63) is 0 Å². The average molecular weight is 228 g/mol. The van der Waals surface area contributed by atoms with Gasteiger partial charge in [0.05, 0.1) is 6.04 Å². The maximum Gasteiger partial charge on any atom is 0.303 e. The summed E-state index contributed by atoms with van der Waals surface area (Å²) < 4.78 is 0. The van der Waals surface area contributed by atoms with Gasteiger partial charge in [0.15, 0.2) is 0 Å². The molecule has 5 heteroatoms. The van der Waals surface area contributed by atoms with E-state index >= 15 is 0 Å². The van der Waals surface area contributed by atoms with E-state index in [0.717, 1.165) is 13.0 Å². The highest BCUT2D eigenvalue weighted by molar-refractivity contribution is 5.82. The second-order valence-electron chi connectivity index (χ2n) is 4.21. The Morgan fingerprint density at radius 3 is 2.88 bits per heavy atom. The first-order valence-electron chi connectivity index (χ1n) is 5.81. The van der Waals surface area contributed by atoms with Gasteiger partial charge in [-0.1, -0.05) is 6.92 Å². The zero-order valence-electron chi connectivity index (χ0n) is 9.90. The molecule has 1 fully saturated rings. The molecule has 1 rings (SSSR count). The first-order valence-corrected chi connectivity index (χ1v) is 5.81. The third-order valence-corrected chi connectivity index (χ3v) is 3.13. The van der Waals surface area contributed by atoms with Gasteiger partial charge in [-0.05, 0) is 26.3 Å². The highest BCUT2D eigenvalue weighted by Gasteiger charge is 2.30. The monoisotopic (exact) mass is 228 g/mol.